The molecule has 13 unspecified atom stereocenters. The van der Waals surface area contributed by atoms with Gasteiger partial charge >= 0.3 is 11.9 Å². The number of allylic oxidation sites excluding steroid dienone is 1. The number of esters is 2. The molecule has 0 aromatic rings. The van der Waals surface area contributed by atoms with Gasteiger partial charge in [0.25, 0.3) is 5.79 Å². The van der Waals surface area contributed by atoms with Gasteiger partial charge in [-0.15, -0.1) is 0 Å². The van der Waals surface area contributed by atoms with Crippen LogP contribution in [-0.4, -0.2) is 88.3 Å². The first-order valence-corrected chi connectivity index (χ1v) is 15.2. The molecule has 0 aromatic heterocycles. The number of rotatable bonds is 3. The highest BCUT2D eigenvalue weighted by atomic mass is 16.8. The second-order valence-corrected chi connectivity index (χ2v) is 13.9. The molecule has 11 nitrogen and oxygen atoms in total. The van der Waals surface area contributed by atoms with Crippen molar-refractivity contribution in [3.05, 3.63) is 23.3 Å². The third-order valence-electron chi connectivity index (χ3n) is 11.8. The molecule has 0 bridgehead atoms. The zero-order chi connectivity index (χ0) is 29.8. The topological polar surface area (TPSA) is 158 Å². The summed E-state index contributed by atoms with van der Waals surface area (Å²) in [5.41, 5.74) is -1.29. The lowest BCUT2D eigenvalue weighted by Crippen LogP contribution is -2.70. The third-order valence-corrected chi connectivity index (χ3v) is 11.8. The number of carbonyl (C=O) groups is 3. The van der Waals surface area contributed by atoms with Crippen LogP contribution in [0.5, 0.6) is 0 Å². The van der Waals surface area contributed by atoms with Crippen LogP contribution in [0.15, 0.2) is 23.3 Å². The van der Waals surface area contributed by atoms with Gasteiger partial charge in [-0.05, 0) is 56.4 Å². The molecule has 7 rings (SSSR count). The minimum Gasteiger partial charge on any atom is -0.458 e. The fraction of sp³-hybridized carbons (Fsp3) is 0.774. The van der Waals surface area contributed by atoms with Gasteiger partial charge in [-0.25, -0.2) is 4.79 Å². The molecular formula is C31H40O11. The summed E-state index contributed by atoms with van der Waals surface area (Å²) >= 11 is 0. The number of cyclic esters (lactones) is 1. The number of carbonyl (C=O) groups excluding carboxylic acids is 3. The monoisotopic (exact) mass is 588 g/mol. The molecule has 2 saturated heterocycles. The number of hydrogen-bond acceptors (Lipinski definition) is 11. The fourth-order valence-corrected chi connectivity index (χ4v) is 10.0. The lowest BCUT2D eigenvalue weighted by atomic mass is 9.45. The van der Waals surface area contributed by atoms with Crippen LogP contribution in [-0.2, 0) is 38.1 Å². The van der Waals surface area contributed by atoms with Crippen molar-refractivity contribution in [2.75, 3.05) is 6.61 Å². The highest BCUT2D eigenvalue weighted by Gasteiger charge is 2.71. The number of aldehydes is 1. The maximum Gasteiger partial charge on any atom is 0.331 e. The predicted molar refractivity (Wildman–Crippen MR) is 142 cm³/mol. The first-order valence-electron chi connectivity index (χ1n) is 15.2. The van der Waals surface area contributed by atoms with E-state index in [2.05, 4.69) is 0 Å². The standard InChI is InChI=1S/C31H40O11/c1-15-8-24(40-16(2)33)31(37)27(39-15)41-22-10-18-4-5-20-19(29(18,14-32)12-23(22)42-31)6-7-28(3)26(17-9-25(35)38-13-17)21(34)11-30(20,28)36/h4,9,14-15,19-24,26-27,34,36-37H,5-8,10-13H2,1-3H3. The lowest BCUT2D eigenvalue weighted by molar-refractivity contribution is -0.453. The Morgan fingerprint density at radius 1 is 1.17 bits per heavy atom. The predicted octanol–water partition coefficient (Wildman–Crippen LogP) is 1.46. The molecule has 0 radical (unpaired) electrons. The van der Waals surface area contributed by atoms with Crippen LogP contribution in [0.3, 0.4) is 0 Å². The number of fused-ring (bicyclic) bond motifs is 7. The van der Waals surface area contributed by atoms with Gasteiger partial charge in [-0.3, -0.25) is 4.79 Å². The molecule has 3 N–H and O–H groups in total. The van der Waals surface area contributed by atoms with E-state index < -0.39 is 70.8 Å². The Hall–Kier alpha value is -2.15. The minimum absolute atomic E-state index is 0.115. The van der Waals surface area contributed by atoms with Gasteiger partial charge in [0.2, 0.25) is 6.29 Å². The van der Waals surface area contributed by atoms with Crippen molar-refractivity contribution in [2.45, 2.75) is 114 Å². The van der Waals surface area contributed by atoms with Crippen molar-refractivity contribution in [3.8, 4) is 0 Å². The summed E-state index contributed by atoms with van der Waals surface area (Å²) in [5.74, 6) is -3.97. The smallest absolute Gasteiger partial charge is 0.331 e. The van der Waals surface area contributed by atoms with Crippen molar-refractivity contribution < 1.29 is 53.4 Å². The van der Waals surface area contributed by atoms with Gasteiger partial charge in [-0.2, -0.15) is 0 Å². The normalized spacial score (nSPS) is 52.8. The summed E-state index contributed by atoms with van der Waals surface area (Å²) in [6, 6.07) is 0. The second kappa shape index (κ2) is 9.42. The molecule has 0 spiro atoms. The van der Waals surface area contributed by atoms with E-state index in [4.69, 9.17) is 23.7 Å². The number of ether oxygens (including phenoxy) is 5. The second-order valence-electron chi connectivity index (χ2n) is 13.9. The SMILES string of the molecule is CC(=O)OC1CC(C)OC2OC3CC4=CCC5C(CCC6(C)C(C7=CC(=O)OC7)C(O)CC56O)C4(C=O)CC3OC12O. The summed E-state index contributed by atoms with van der Waals surface area (Å²) in [4.78, 5) is 37.0. The van der Waals surface area contributed by atoms with E-state index in [1.165, 1.54) is 13.0 Å². The van der Waals surface area contributed by atoms with E-state index in [1.807, 2.05) is 19.9 Å². The van der Waals surface area contributed by atoms with Crippen LogP contribution >= 0.6 is 0 Å². The van der Waals surface area contributed by atoms with Crippen molar-refractivity contribution in [2.24, 2.45) is 28.6 Å². The maximum atomic E-state index is 13.2. The van der Waals surface area contributed by atoms with Gasteiger partial charge in [0.05, 0.1) is 35.4 Å². The van der Waals surface area contributed by atoms with Gasteiger partial charge in [-0.1, -0.05) is 18.6 Å². The largest absolute Gasteiger partial charge is 0.458 e. The van der Waals surface area contributed by atoms with E-state index >= 15 is 0 Å². The average Bonchev–Trinajstić information content (AvgIpc) is 3.42. The molecule has 3 saturated carbocycles. The van der Waals surface area contributed by atoms with Gasteiger partial charge < -0.3 is 43.8 Å². The van der Waals surface area contributed by atoms with Crippen molar-refractivity contribution >= 4 is 18.2 Å². The molecule has 0 aromatic carbocycles. The molecule has 0 amide bonds. The average molecular weight is 589 g/mol. The van der Waals surface area contributed by atoms with Crippen molar-refractivity contribution in [3.63, 3.8) is 0 Å². The Bertz CT molecular complexity index is 1260. The van der Waals surface area contributed by atoms with E-state index in [0.29, 0.717) is 31.3 Å². The van der Waals surface area contributed by atoms with Gasteiger partial charge in [0.15, 0.2) is 6.10 Å². The van der Waals surface area contributed by atoms with E-state index in [-0.39, 0.29) is 43.8 Å². The van der Waals surface area contributed by atoms with Crippen LogP contribution in [0.25, 0.3) is 0 Å². The summed E-state index contributed by atoms with van der Waals surface area (Å²) in [6.45, 7) is 5.19. The number of aliphatic hydroxyl groups is 3. The highest BCUT2D eigenvalue weighted by molar-refractivity contribution is 5.85. The Labute approximate surface area is 244 Å². The molecule has 42 heavy (non-hydrogen) atoms. The van der Waals surface area contributed by atoms with Crippen LogP contribution in [0.4, 0.5) is 0 Å². The van der Waals surface area contributed by atoms with E-state index in [0.717, 1.165) is 11.9 Å². The maximum absolute atomic E-state index is 13.2. The molecule has 3 aliphatic heterocycles. The Morgan fingerprint density at radius 3 is 2.64 bits per heavy atom. The third kappa shape index (κ3) is 3.76. The zero-order valence-corrected chi connectivity index (χ0v) is 24.2. The summed E-state index contributed by atoms with van der Waals surface area (Å²) in [6.07, 6.45) is 2.73. The van der Waals surface area contributed by atoms with Crippen LogP contribution < -0.4 is 0 Å². The zero-order valence-electron chi connectivity index (χ0n) is 24.2. The fourth-order valence-electron chi connectivity index (χ4n) is 10.0. The van der Waals surface area contributed by atoms with E-state index in [9.17, 15) is 29.7 Å². The van der Waals surface area contributed by atoms with Crippen LogP contribution in [0.2, 0.25) is 0 Å². The van der Waals surface area contributed by atoms with Gasteiger partial charge in [0, 0.05) is 37.2 Å². The molecule has 230 valence electrons. The van der Waals surface area contributed by atoms with Crippen molar-refractivity contribution in [1.82, 2.24) is 0 Å². The molecular weight excluding hydrogens is 548 g/mol. The summed E-state index contributed by atoms with van der Waals surface area (Å²) in [5, 5.41) is 35.4. The molecule has 13 atom stereocenters. The Balaban J connectivity index is 1.21. The van der Waals surface area contributed by atoms with Crippen LogP contribution in [0.1, 0.15) is 65.7 Å². The summed E-state index contributed by atoms with van der Waals surface area (Å²) < 4.78 is 29.1. The number of aliphatic hydroxyl groups excluding tert-OH is 1. The van der Waals surface area contributed by atoms with Crippen molar-refractivity contribution in [1.29, 1.82) is 0 Å². The molecule has 5 fully saturated rings. The highest BCUT2D eigenvalue weighted by Crippen LogP contribution is 2.69. The Kier molecular flexibility index (Phi) is 6.42. The van der Waals surface area contributed by atoms with Crippen LogP contribution in [0, 0.1) is 28.6 Å². The molecule has 7 aliphatic rings. The minimum atomic E-state index is -2.03. The molecule has 3 heterocycles. The van der Waals surface area contributed by atoms with E-state index in [1.54, 1.807) is 0 Å². The van der Waals surface area contributed by atoms with Gasteiger partial charge in [0.1, 0.15) is 12.9 Å². The quantitative estimate of drug-likeness (QED) is 0.249. The Morgan fingerprint density at radius 2 is 1.95 bits per heavy atom. The molecule has 4 aliphatic carbocycles. The number of hydrogen-bond donors (Lipinski definition) is 3. The molecule has 11 heteroatoms. The summed E-state index contributed by atoms with van der Waals surface area (Å²) in [7, 11) is 0. The first-order chi connectivity index (χ1) is 19.8. The lowest BCUT2D eigenvalue weighted by Gasteiger charge is -2.62. The first kappa shape index (κ1) is 28.6.